The molecule has 0 saturated carbocycles. The molecule has 2 unspecified atom stereocenters. The predicted molar refractivity (Wildman–Crippen MR) is 94.8 cm³/mol. The van der Waals surface area contributed by atoms with E-state index in [4.69, 9.17) is 10.5 Å². The number of hydrogen-bond donors (Lipinski definition) is 2. The van der Waals surface area contributed by atoms with Gasteiger partial charge in [-0.2, -0.15) is 0 Å². The number of nitrogens with two attached hydrogens (primary N) is 1. The van der Waals surface area contributed by atoms with Crippen molar-refractivity contribution in [1.29, 1.82) is 0 Å². The van der Waals surface area contributed by atoms with Crippen molar-refractivity contribution in [3.05, 3.63) is 42.1 Å². The van der Waals surface area contributed by atoms with Gasteiger partial charge in [0.2, 0.25) is 5.91 Å². The Balaban J connectivity index is 2.12. The summed E-state index contributed by atoms with van der Waals surface area (Å²) in [4.78, 5) is 17.0. The Morgan fingerprint density at radius 1 is 1.29 bits per heavy atom. The van der Waals surface area contributed by atoms with Gasteiger partial charge in [0.15, 0.2) is 0 Å². The van der Waals surface area contributed by atoms with Crippen molar-refractivity contribution in [3.8, 4) is 17.0 Å². The highest BCUT2D eigenvalue weighted by Gasteiger charge is 2.19. The number of benzene rings is 1. The number of nitrogens with zero attached hydrogens (tertiary/aromatic N) is 1. The van der Waals surface area contributed by atoms with E-state index in [1.54, 1.807) is 13.3 Å². The van der Waals surface area contributed by atoms with Crippen molar-refractivity contribution in [2.75, 3.05) is 12.4 Å². The minimum Gasteiger partial charge on any atom is -0.495 e. The standard InChI is InChI=1S/C19H23N3O2/c1-12-5-3-8-16(20)13-6-4-7-14(9-13)18-17(22-19(12)23)10-15(24-2)11-21-18/h4,6-7,9-12,16H,3,5,8,20H2,1-2H3,(H,22,23). The molecule has 1 aliphatic rings. The lowest BCUT2D eigenvalue weighted by molar-refractivity contribution is -0.119. The summed E-state index contributed by atoms with van der Waals surface area (Å²) in [6, 6.07) is 9.85. The zero-order chi connectivity index (χ0) is 17.1. The third-order valence-corrected chi connectivity index (χ3v) is 4.54. The summed E-state index contributed by atoms with van der Waals surface area (Å²) in [7, 11) is 1.59. The van der Waals surface area contributed by atoms with Crippen molar-refractivity contribution in [3.63, 3.8) is 0 Å². The van der Waals surface area contributed by atoms with Gasteiger partial charge in [-0.15, -0.1) is 0 Å². The van der Waals surface area contributed by atoms with Gasteiger partial charge in [-0.1, -0.05) is 31.5 Å². The summed E-state index contributed by atoms with van der Waals surface area (Å²) < 4.78 is 5.25. The molecule has 0 aliphatic carbocycles. The van der Waals surface area contributed by atoms with Crippen LogP contribution >= 0.6 is 0 Å². The Morgan fingerprint density at radius 2 is 2.12 bits per heavy atom. The van der Waals surface area contributed by atoms with Crippen LogP contribution < -0.4 is 15.8 Å². The number of fused-ring (bicyclic) bond motifs is 4. The molecule has 2 heterocycles. The molecule has 0 saturated heterocycles. The number of anilines is 1. The van der Waals surface area contributed by atoms with Crippen LogP contribution in [-0.4, -0.2) is 18.0 Å². The molecule has 24 heavy (non-hydrogen) atoms. The molecule has 2 aromatic rings. The molecule has 126 valence electrons. The summed E-state index contributed by atoms with van der Waals surface area (Å²) in [5, 5.41) is 3.01. The predicted octanol–water partition coefficient (Wildman–Crippen LogP) is 3.52. The molecule has 0 radical (unpaired) electrons. The van der Waals surface area contributed by atoms with Crippen LogP contribution in [0.15, 0.2) is 36.5 Å². The first kappa shape index (κ1) is 16.5. The first-order valence-corrected chi connectivity index (χ1v) is 8.29. The molecule has 3 rings (SSSR count). The van der Waals surface area contributed by atoms with Gasteiger partial charge in [-0.05, 0) is 24.5 Å². The molecule has 0 fully saturated rings. The molecule has 5 nitrogen and oxygen atoms in total. The third kappa shape index (κ3) is 3.41. The maximum absolute atomic E-state index is 12.5. The van der Waals surface area contributed by atoms with Crippen LogP contribution in [0.1, 0.15) is 37.8 Å². The van der Waals surface area contributed by atoms with Crippen LogP contribution in [0.3, 0.4) is 0 Å². The lowest BCUT2D eigenvalue weighted by Crippen LogP contribution is -2.22. The number of methoxy groups -OCH3 is 1. The van der Waals surface area contributed by atoms with E-state index in [-0.39, 0.29) is 17.9 Å². The molecule has 5 heteroatoms. The average molecular weight is 325 g/mol. The second kappa shape index (κ2) is 7.01. The van der Waals surface area contributed by atoms with Crippen LogP contribution in [0.4, 0.5) is 5.69 Å². The van der Waals surface area contributed by atoms with Crippen molar-refractivity contribution in [1.82, 2.24) is 4.98 Å². The van der Waals surface area contributed by atoms with E-state index in [2.05, 4.69) is 16.4 Å². The average Bonchev–Trinajstić information content (AvgIpc) is 2.60. The fourth-order valence-electron chi connectivity index (χ4n) is 3.00. The van der Waals surface area contributed by atoms with Crippen molar-refractivity contribution in [2.24, 2.45) is 11.7 Å². The maximum atomic E-state index is 12.5. The molecule has 1 aromatic heterocycles. The number of hydrogen-bond acceptors (Lipinski definition) is 4. The van der Waals surface area contributed by atoms with Gasteiger partial charge in [-0.25, -0.2) is 0 Å². The number of amides is 1. The normalized spacial score (nSPS) is 21.0. The summed E-state index contributed by atoms with van der Waals surface area (Å²) in [6.45, 7) is 1.94. The first-order valence-electron chi connectivity index (χ1n) is 8.29. The van der Waals surface area contributed by atoms with E-state index in [0.29, 0.717) is 11.4 Å². The third-order valence-electron chi connectivity index (χ3n) is 4.54. The molecule has 0 spiro atoms. The molecular weight excluding hydrogens is 302 g/mol. The number of rotatable bonds is 1. The Hall–Kier alpha value is -2.40. The Bertz CT molecular complexity index is 745. The minimum absolute atomic E-state index is 0.00315. The summed E-state index contributed by atoms with van der Waals surface area (Å²) in [6.07, 6.45) is 4.26. The van der Waals surface area contributed by atoms with Crippen molar-refractivity contribution >= 4 is 11.6 Å². The van der Waals surface area contributed by atoms with E-state index in [1.165, 1.54) is 0 Å². The fraction of sp³-hybridized carbons (Fsp3) is 0.368. The van der Waals surface area contributed by atoms with Gasteiger partial charge in [-0.3, -0.25) is 9.78 Å². The van der Waals surface area contributed by atoms with Crippen LogP contribution in [0.25, 0.3) is 11.3 Å². The number of carbonyl (C=O) groups excluding carboxylic acids is 1. The SMILES string of the molecule is COc1cnc2c(c1)NC(=O)C(C)CCCC(N)c1cccc-2c1. The van der Waals surface area contributed by atoms with E-state index in [1.807, 2.05) is 31.2 Å². The molecule has 1 aromatic carbocycles. The highest BCUT2D eigenvalue weighted by atomic mass is 16.5. The monoisotopic (exact) mass is 325 g/mol. The lowest BCUT2D eigenvalue weighted by atomic mass is 9.94. The Kier molecular flexibility index (Phi) is 4.81. The van der Waals surface area contributed by atoms with Crippen molar-refractivity contribution in [2.45, 2.75) is 32.2 Å². The van der Waals surface area contributed by atoms with Gasteiger partial charge in [0, 0.05) is 23.6 Å². The largest absolute Gasteiger partial charge is 0.495 e. The zero-order valence-corrected chi connectivity index (χ0v) is 14.1. The van der Waals surface area contributed by atoms with Gasteiger partial charge < -0.3 is 15.8 Å². The van der Waals surface area contributed by atoms with Crippen LogP contribution in [0, 0.1) is 5.92 Å². The summed E-state index contributed by atoms with van der Waals surface area (Å²) in [5.74, 6) is 0.535. The number of aromatic nitrogens is 1. The fourth-order valence-corrected chi connectivity index (χ4v) is 3.00. The smallest absolute Gasteiger partial charge is 0.227 e. The lowest BCUT2D eigenvalue weighted by Gasteiger charge is -2.19. The molecular formula is C19H23N3O2. The second-order valence-corrected chi connectivity index (χ2v) is 6.32. The Morgan fingerprint density at radius 3 is 2.92 bits per heavy atom. The topological polar surface area (TPSA) is 77.2 Å². The quantitative estimate of drug-likeness (QED) is 0.841. The maximum Gasteiger partial charge on any atom is 0.227 e. The highest BCUT2D eigenvalue weighted by molar-refractivity contribution is 5.96. The van der Waals surface area contributed by atoms with E-state index in [0.717, 1.165) is 36.1 Å². The molecule has 2 atom stereocenters. The number of carbonyl (C=O) groups is 1. The zero-order valence-electron chi connectivity index (χ0n) is 14.1. The number of ether oxygens (including phenoxy) is 1. The van der Waals surface area contributed by atoms with Gasteiger partial charge in [0.1, 0.15) is 5.75 Å². The van der Waals surface area contributed by atoms with Gasteiger partial charge in [0.05, 0.1) is 24.7 Å². The molecule has 3 N–H and O–H groups in total. The van der Waals surface area contributed by atoms with Crippen LogP contribution in [-0.2, 0) is 4.79 Å². The van der Waals surface area contributed by atoms with E-state index in [9.17, 15) is 4.79 Å². The number of nitrogens with one attached hydrogen (secondary N) is 1. The van der Waals surface area contributed by atoms with Gasteiger partial charge in [0.25, 0.3) is 0 Å². The van der Waals surface area contributed by atoms with E-state index >= 15 is 0 Å². The second-order valence-electron chi connectivity index (χ2n) is 6.32. The van der Waals surface area contributed by atoms with Crippen LogP contribution in [0.5, 0.6) is 5.75 Å². The minimum atomic E-state index is -0.0750. The number of pyridine rings is 1. The molecule has 2 bridgehead atoms. The molecule has 1 aliphatic heterocycles. The summed E-state index contributed by atoms with van der Waals surface area (Å²) >= 11 is 0. The highest BCUT2D eigenvalue weighted by Crippen LogP contribution is 2.32. The Labute approximate surface area is 142 Å². The van der Waals surface area contributed by atoms with E-state index < -0.39 is 0 Å². The van der Waals surface area contributed by atoms with Crippen LogP contribution in [0.2, 0.25) is 0 Å². The van der Waals surface area contributed by atoms with Crippen molar-refractivity contribution < 1.29 is 9.53 Å². The molecule has 1 amide bonds. The summed E-state index contributed by atoms with van der Waals surface area (Å²) in [5.41, 5.74) is 9.75. The van der Waals surface area contributed by atoms with Gasteiger partial charge >= 0.3 is 0 Å². The first-order chi connectivity index (χ1) is 11.6.